The van der Waals surface area contributed by atoms with Crippen LogP contribution in [0.2, 0.25) is 0 Å². The predicted molar refractivity (Wildman–Crippen MR) is 111 cm³/mol. The van der Waals surface area contributed by atoms with Gasteiger partial charge in [0, 0.05) is 26.2 Å². The number of alkyl halides is 6. The summed E-state index contributed by atoms with van der Waals surface area (Å²) in [5.41, 5.74) is -4.01. The summed E-state index contributed by atoms with van der Waals surface area (Å²) in [4.78, 5) is 34.3. The third-order valence-electron chi connectivity index (χ3n) is 5.13. The molecule has 2 aromatic rings. The van der Waals surface area contributed by atoms with Gasteiger partial charge in [-0.25, -0.2) is 15.1 Å². The average molecular weight is 524 g/mol. The van der Waals surface area contributed by atoms with Gasteiger partial charge < -0.3 is 19.3 Å². The fourth-order valence-corrected chi connectivity index (χ4v) is 3.37. The normalized spacial score (nSPS) is 15.6. The molecule has 0 unspecified atom stereocenters. The summed E-state index contributed by atoms with van der Waals surface area (Å²) in [6.45, 7) is 2.61. The van der Waals surface area contributed by atoms with E-state index in [0.29, 0.717) is 32.4 Å². The molecule has 36 heavy (non-hydrogen) atoms. The Morgan fingerprint density at radius 3 is 2.33 bits per heavy atom. The van der Waals surface area contributed by atoms with E-state index in [2.05, 4.69) is 15.1 Å². The predicted octanol–water partition coefficient (Wildman–Crippen LogP) is 2.12. The number of nitrogens with zero attached hydrogens (tertiary/aromatic N) is 5. The first-order valence-electron chi connectivity index (χ1n) is 10.7. The Labute approximate surface area is 200 Å². The molecule has 1 aliphatic rings. The Morgan fingerprint density at radius 2 is 1.75 bits per heavy atom. The largest absolute Gasteiger partial charge is 0.486 e. The standard InChI is InChI=1S/C20H22F6N6O4/c1-12(36-13-8-29-30-18(34)17(13)20(24,25)26)11-35-7-2-16(33)32-5-3-31(4-6-32)15-10-27-14(9-28-15)19(21,22)23/h8-10,12H,2-7,11H2,1H3,(H,30,34)/t12-/m0/s1. The molecule has 1 fully saturated rings. The van der Waals surface area contributed by atoms with E-state index < -0.39 is 41.0 Å². The van der Waals surface area contributed by atoms with Gasteiger partial charge in [-0.3, -0.25) is 9.59 Å². The molecule has 1 amide bonds. The lowest BCUT2D eigenvalue weighted by Crippen LogP contribution is -2.49. The van der Waals surface area contributed by atoms with Crippen LogP contribution in [-0.4, -0.2) is 76.5 Å². The van der Waals surface area contributed by atoms with Crippen LogP contribution in [-0.2, 0) is 21.9 Å². The zero-order chi connectivity index (χ0) is 26.5. The molecule has 3 heterocycles. The maximum atomic E-state index is 13.1. The van der Waals surface area contributed by atoms with Crippen LogP contribution in [0.1, 0.15) is 24.6 Å². The number of anilines is 1. The Balaban J connectivity index is 1.40. The van der Waals surface area contributed by atoms with Gasteiger partial charge >= 0.3 is 12.4 Å². The van der Waals surface area contributed by atoms with Gasteiger partial charge in [-0.05, 0) is 6.92 Å². The van der Waals surface area contributed by atoms with Crippen molar-refractivity contribution in [2.45, 2.75) is 31.8 Å². The second kappa shape index (κ2) is 11.1. The number of nitrogens with one attached hydrogen (secondary N) is 1. The number of hydrogen-bond donors (Lipinski definition) is 1. The zero-order valence-corrected chi connectivity index (χ0v) is 18.9. The maximum absolute atomic E-state index is 13.1. The van der Waals surface area contributed by atoms with Crippen LogP contribution in [0.3, 0.4) is 0 Å². The molecule has 0 bridgehead atoms. The van der Waals surface area contributed by atoms with Gasteiger partial charge in [-0.1, -0.05) is 0 Å². The van der Waals surface area contributed by atoms with Crippen LogP contribution in [0, 0.1) is 0 Å². The van der Waals surface area contributed by atoms with E-state index in [1.54, 1.807) is 14.9 Å². The van der Waals surface area contributed by atoms with Crippen molar-refractivity contribution in [2.75, 3.05) is 44.3 Å². The fraction of sp³-hybridized carbons (Fsp3) is 0.550. The molecule has 1 N–H and O–H groups in total. The fourth-order valence-electron chi connectivity index (χ4n) is 3.37. The molecule has 16 heteroatoms. The summed E-state index contributed by atoms with van der Waals surface area (Å²) in [5.74, 6) is -0.675. The van der Waals surface area contributed by atoms with Crippen molar-refractivity contribution in [3.05, 3.63) is 40.2 Å². The first kappa shape index (κ1) is 27.2. The van der Waals surface area contributed by atoms with Crippen molar-refractivity contribution in [1.29, 1.82) is 0 Å². The monoisotopic (exact) mass is 524 g/mol. The van der Waals surface area contributed by atoms with Crippen LogP contribution in [0.15, 0.2) is 23.4 Å². The molecule has 1 atom stereocenters. The Bertz CT molecular complexity index is 1080. The first-order chi connectivity index (χ1) is 16.9. The molecule has 1 saturated heterocycles. The zero-order valence-electron chi connectivity index (χ0n) is 18.9. The van der Waals surface area contributed by atoms with E-state index in [4.69, 9.17) is 9.47 Å². The Hall–Kier alpha value is -3.43. The highest BCUT2D eigenvalue weighted by Crippen LogP contribution is 2.33. The highest BCUT2D eigenvalue weighted by molar-refractivity contribution is 5.76. The number of aromatic amines is 1. The quantitative estimate of drug-likeness (QED) is 0.413. The van der Waals surface area contributed by atoms with Gasteiger partial charge in [-0.15, -0.1) is 0 Å². The van der Waals surface area contributed by atoms with E-state index in [-0.39, 0.29) is 31.4 Å². The van der Waals surface area contributed by atoms with Gasteiger partial charge in [0.05, 0.1) is 38.2 Å². The third-order valence-corrected chi connectivity index (χ3v) is 5.13. The van der Waals surface area contributed by atoms with Gasteiger partial charge in [0.2, 0.25) is 5.91 Å². The van der Waals surface area contributed by atoms with Crippen LogP contribution >= 0.6 is 0 Å². The summed E-state index contributed by atoms with van der Waals surface area (Å²) in [7, 11) is 0. The summed E-state index contributed by atoms with van der Waals surface area (Å²) in [6, 6.07) is 0. The van der Waals surface area contributed by atoms with Crippen molar-refractivity contribution in [1.82, 2.24) is 25.1 Å². The lowest BCUT2D eigenvalue weighted by Gasteiger charge is -2.35. The minimum Gasteiger partial charge on any atom is -0.486 e. The van der Waals surface area contributed by atoms with Crippen molar-refractivity contribution in [3.8, 4) is 5.75 Å². The summed E-state index contributed by atoms with van der Waals surface area (Å²) < 4.78 is 87.5. The van der Waals surface area contributed by atoms with Gasteiger partial charge in [0.25, 0.3) is 5.56 Å². The number of amides is 1. The highest BCUT2D eigenvalue weighted by atomic mass is 19.4. The molecule has 10 nitrogen and oxygen atoms in total. The first-order valence-corrected chi connectivity index (χ1v) is 10.7. The van der Waals surface area contributed by atoms with E-state index in [1.807, 2.05) is 0 Å². The van der Waals surface area contributed by atoms with Crippen molar-refractivity contribution < 1.29 is 40.6 Å². The Kier molecular flexibility index (Phi) is 8.37. The molecule has 0 saturated carbocycles. The molecule has 0 radical (unpaired) electrons. The van der Waals surface area contributed by atoms with Crippen molar-refractivity contribution in [2.24, 2.45) is 0 Å². The minimum absolute atomic E-state index is 0.00711. The molecule has 0 aromatic carbocycles. The van der Waals surface area contributed by atoms with E-state index in [9.17, 15) is 35.9 Å². The maximum Gasteiger partial charge on any atom is 0.434 e. The van der Waals surface area contributed by atoms with Crippen LogP contribution in [0.25, 0.3) is 0 Å². The van der Waals surface area contributed by atoms with Gasteiger partial charge in [0.1, 0.15) is 11.9 Å². The molecule has 2 aromatic heterocycles. The van der Waals surface area contributed by atoms with Crippen LogP contribution in [0.5, 0.6) is 5.75 Å². The SMILES string of the molecule is C[C@@H](COCCC(=O)N1CCN(c2cnc(C(F)(F)F)cn2)CC1)Oc1cn[nH]c(=O)c1C(F)(F)F. The average Bonchev–Trinajstić information content (AvgIpc) is 2.80. The smallest absolute Gasteiger partial charge is 0.434 e. The van der Waals surface area contributed by atoms with Crippen LogP contribution in [0.4, 0.5) is 32.2 Å². The second-order valence-electron chi connectivity index (χ2n) is 7.81. The van der Waals surface area contributed by atoms with Crippen molar-refractivity contribution in [3.63, 3.8) is 0 Å². The van der Waals surface area contributed by atoms with Gasteiger partial charge in [0.15, 0.2) is 17.0 Å². The molecule has 3 rings (SSSR count). The number of hydrogen-bond acceptors (Lipinski definition) is 8. The van der Waals surface area contributed by atoms with Crippen molar-refractivity contribution >= 4 is 11.7 Å². The number of aromatic nitrogens is 4. The molecule has 0 aliphatic carbocycles. The topological polar surface area (TPSA) is 114 Å². The molecule has 0 spiro atoms. The summed E-state index contributed by atoms with van der Waals surface area (Å²) in [6.07, 6.45) is -7.91. The number of carbonyl (C=O) groups is 1. The third kappa shape index (κ3) is 7.05. The number of piperazine rings is 1. The number of H-pyrrole nitrogens is 1. The number of halogens is 6. The van der Waals surface area contributed by atoms with Crippen LogP contribution < -0.4 is 15.2 Å². The lowest BCUT2D eigenvalue weighted by molar-refractivity contribution is -0.142. The number of carbonyl (C=O) groups excluding carboxylic acids is 1. The molecule has 1 aliphatic heterocycles. The second-order valence-corrected chi connectivity index (χ2v) is 7.81. The van der Waals surface area contributed by atoms with E-state index in [1.165, 1.54) is 6.92 Å². The summed E-state index contributed by atoms with van der Waals surface area (Å²) in [5, 5.41) is 5.02. The lowest BCUT2D eigenvalue weighted by atomic mass is 10.2. The van der Waals surface area contributed by atoms with E-state index >= 15 is 0 Å². The minimum atomic E-state index is -4.93. The highest BCUT2D eigenvalue weighted by Gasteiger charge is 2.38. The number of ether oxygens (including phenoxy) is 2. The van der Waals surface area contributed by atoms with E-state index in [0.717, 1.165) is 12.4 Å². The molecular weight excluding hydrogens is 502 g/mol. The van der Waals surface area contributed by atoms with Gasteiger partial charge in [-0.2, -0.15) is 31.4 Å². The molecular formula is C20H22F6N6O4. The number of rotatable bonds is 8. The Morgan fingerprint density at radius 1 is 1.06 bits per heavy atom. The summed E-state index contributed by atoms with van der Waals surface area (Å²) >= 11 is 0. The molecule has 198 valence electrons.